The number of carbonyl (C=O) groups is 2. The number of thioether (sulfide) groups is 1. The van der Waals surface area contributed by atoms with Gasteiger partial charge in [-0.15, -0.1) is 0 Å². The van der Waals surface area contributed by atoms with Gasteiger partial charge in [-0.1, -0.05) is 0 Å². The topological polar surface area (TPSA) is 106 Å². The van der Waals surface area contributed by atoms with Crippen molar-refractivity contribution in [2.45, 2.75) is 6.04 Å². The van der Waals surface area contributed by atoms with Crippen LogP contribution >= 0.6 is 11.8 Å². The number of aliphatic carboxylic acids is 2. The molecule has 0 heterocycles. The average Bonchev–Trinajstić information content (AvgIpc) is 1.86. The standard InChI is InChI=1S/C5H9NO4S.2Na/c6-3(5(9)10)1-11-2-4(7)8;;/h3H,1-2,6H2,(H,7,8)(H,9,10);;/q;2*+1/p-2/t3-;;/m1../s1. The normalized spacial score (nSPS) is 10.5. The van der Waals surface area contributed by atoms with Crippen molar-refractivity contribution in [3.63, 3.8) is 0 Å². The zero-order chi connectivity index (χ0) is 8.85. The van der Waals surface area contributed by atoms with Gasteiger partial charge in [0.15, 0.2) is 0 Å². The first kappa shape index (κ1) is 19.8. The summed E-state index contributed by atoms with van der Waals surface area (Å²) < 4.78 is 0. The molecule has 0 aliphatic carbocycles. The summed E-state index contributed by atoms with van der Waals surface area (Å²) in [6.07, 6.45) is 0. The van der Waals surface area contributed by atoms with Crippen LogP contribution in [0.25, 0.3) is 0 Å². The fourth-order valence-corrected chi connectivity index (χ4v) is 1.01. The van der Waals surface area contributed by atoms with E-state index in [1.165, 1.54) is 0 Å². The van der Waals surface area contributed by atoms with Gasteiger partial charge in [-0.25, -0.2) is 0 Å². The maximum absolute atomic E-state index is 9.96. The SMILES string of the molecule is N[C@H](CSCC(=O)[O-])C(=O)[O-].[Na+].[Na+]. The predicted octanol–water partition coefficient (Wildman–Crippen LogP) is -9.45. The van der Waals surface area contributed by atoms with E-state index >= 15 is 0 Å². The molecule has 1 atom stereocenters. The molecule has 0 saturated heterocycles. The Bertz CT molecular complexity index is 169. The molecule has 0 fully saturated rings. The van der Waals surface area contributed by atoms with Gasteiger partial charge in [0.05, 0.1) is 18.0 Å². The van der Waals surface area contributed by atoms with Crippen LogP contribution in [0.5, 0.6) is 0 Å². The van der Waals surface area contributed by atoms with E-state index in [-0.39, 0.29) is 70.6 Å². The van der Waals surface area contributed by atoms with Crippen molar-refractivity contribution in [1.29, 1.82) is 0 Å². The minimum atomic E-state index is -1.38. The van der Waals surface area contributed by atoms with Gasteiger partial charge in [0.2, 0.25) is 0 Å². The van der Waals surface area contributed by atoms with E-state index in [0.29, 0.717) is 0 Å². The van der Waals surface area contributed by atoms with Gasteiger partial charge in [0.1, 0.15) is 0 Å². The molecular formula is C5H7NNa2O4S. The van der Waals surface area contributed by atoms with Crippen LogP contribution in [0.15, 0.2) is 0 Å². The Labute approximate surface area is 124 Å². The fourth-order valence-electron chi connectivity index (χ4n) is 0.337. The van der Waals surface area contributed by atoms with Crippen molar-refractivity contribution in [2.75, 3.05) is 11.5 Å². The van der Waals surface area contributed by atoms with Gasteiger partial charge < -0.3 is 25.5 Å². The summed E-state index contributed by atoms with van der Waals surface area (Å²) in [6.45, 7) is 0. The molecule has 0 radical (unpaired) electrons. The molecule has 0 spiro atoms. The maximum Gasteiger partial charge on any atom is 1.00 e. The summed E-state index contributed by atoms with van der Waals surface area (Å²) in [6, 6.07) is -1.11. The second-order valence-electron chi connectivity index (χ2n) is 1.81. The van der Waals surface area contributed by atoms with E-state index in [1.807, 2.05) is 0 Å². The fraction of sp³-hybridized carbons (Fsp3) is 0.600. The van der Waals surface area contributed by atoms with Crippen LogP contribution in [0.1, 0.15) is 0 Å². The molecule has 0 aromatic rings. The zero-order valence-electron chi connectivity index (χ0n) is 7.61. The molecule has 0 aromatic carbocycles. The van der Waals surface area contributed by atoms with E-state index in [0.717, 1.165) is 11.8 Å². The van der Waals surface area contributed by atoms with E-state index in [9.17, 15) is 19.8 Å². The molecule has 0 saturated carbocycles. The molecule has 0 bridgehead atoms. The van der Waals surface area contributed by atoms with E-state index in [1.54, 1.807) is 0 Å². The molecule has 0 amide bonds. The molecule has 0 unspecified atom stereocenters. The molecule has 0 rings (SSSR count). The van der Waals surface area contributed by atoms with Crippen molar-refractivity contribution >= 4 is 23.7 Å². The van der Waals surface area contributed by atoms with Crippen LogP contribution in [-0.4, -0.2) is 29.5 Å². The van der Waals surface area contributed by atoms with Crippen molar-refractivity contribution in [1.82, 2.24) is 0 Å². The Kier molecular flexibility index (Phi) is 17.2. The third-order valence-corrected chi connectivity index (χ3v) is 1.85. The van der Waals surface area contributed by atoms with Crippen LogP contribution in [0, 0.1) is 0 Å². The van der Waals surface area contributed by atoms with Crippen molar-refractivity contribution in [3.05, 3.63) is 0 Å². The molecule has 64 valence electrons. The van der Waals surface area contributed by atoms with E-state index in [2.05, 4.69) is 0 Å². The summed E-state index contributed by atoms with van der Waals surface area (Å²) in [5.74, 6) is -2.84. The summed E-state index contributed by atoms with van der Waals surface area (Å²) in [5.41, 5.74) is 5.01. The molecule has 0 aliphatic heterocycles. The summed E-state index contributed by atoms with van der Waals surface area (Å²) in [7, 11) is 0. The molecule has 8 heteroatoms. The molecular weight excluding hydrogens is 216 g/mol. The Morgan fingerprint density at radius 1 is 1.31 bits per heavy atom. The predicted molar refractivity (Wildman–Crippen MR) is 35.3 cm³/mol. The van der Waals surface area contributed by atoms with Crippen LogP contribution in [-0.2, 0) is 9.59 Å². The maximum atomic E-state index is 9.96. The molecule has 0 aliphatic rings. The minimum Gasteiger partial charge on any atom is -0.549 e. The quantitative estimate of drug-likeness (QED) is 0.464. The smallest absolute Gasteiger partial charge is 0.549 e. The minimum absolute atomic E-state index is 0. The zero-order valence-corrected chi connectivity index (χ0v) is 12.4. The first-order chi connectivity index (χ1) is 5.04. The second-order valence-corrected chi connectivity index (χ2v) is 2.84. The van der Waals surface area contributed by atoms with Crippen LogP contribution < -0.4 is 75.1 Å². The third kappa shape index (κ3) is 13.2. The molecule has 13 heavy (non-hydrogen) atoms. The summed E-state index contributed by atoms with van der Waals surface area (Å²) >= 11 is 0.890. The number of carboxylic acids is 2. The van der Waals surface area contributed by atoms with Crippen molar-refractivity contribution < 1.29 is 78.9 Å². The van der Waals surface area contributed by atoms with Gasteiger partial charge >= 0.3 is 59.1 Å². The number of nitrogens with two attached hydrogens (primary N) is 1. The Hall–Kier alpha value is 1.25. The van der Waals surface area contributed by atoms with Gasteiger partial charge in [-0.05, 0) is 0 Å². The van der Waals surface area contributed by atoms with Crippen molar-refractivity contribution in [2.24, 2.45) is 5.73 Å². The number of carbonyl (C=O) groups excluding carboxylic acids is 2. The third-order valence-electron chi connectivity index (χ3n) is 0.820. The van der Waals surface area contributed by atoms with Gasteiger partial charge in [-0.3, -0.25) is 0 Å². The number of carboxylic acid groups (broad SMARTS) is 2. The largest absolute Gasteiger partial charge is 1.00 e. The monoisotopic (exact) mass is 223 g/mol. The van der Waals surface area contributed by atoms with Crippen LogP contribution in [0.3, 0.4) is 0 Å². The average molecular weight is 223 g/mol. The van der Waals surface area contributed by atoms with Crippen LogP contribution in [0.4, 0.5) is 0 Å². The summed E-state index contributed by atoms with van der Waals surface area (Å²) in [4.78, 5) is 19.8. The Balaban J connectivity index is -0.000000500. The molecule has 0 aromatic heterocycles. The Morgan fingerprint density at radius 3 is 2.08 bits per heavy atom. The molecule has 2 N–H and O–H groups in total. The van der Waals surface area contributed by atoms with E-state index in [4.69, 9.17) is 5.73 Å². The summed E-state index contributed by atoms with van der Waals surface area (Å²) in [5, 5.41) is 19.8. The van der Waals surface area contributed by atoms with Crippen LogP contribution in [0.2, 0.25) is 0 Å². The van der Waals surface area contributed by atoms with E-state index < -0.39 is 18.0 Å². The second kappa shape index (κ2) is 11.3. The Morgan fingerprint density at radius 2 is 1.77 bits per heavy atom. The first-order valence-electron chi connectivity index (χ1n) is 2.78. The first-order valence-corrected chi connectivity index (χ1v) is 3.93. The number of rotatable bonds is 5. The number of hydrogen-bond donors (Lipinski definition) is 1. The number of hydrogen-bond acceptors (Lipinski definition) is 6. The van der Waals surface area contributed by atoms with Gasteiger partial charge in [0, 0.05) is 11.5 Å². The molecule has 5 nitrogen and oxygen atoms in total. The van der Waals surface area contributed by atoms with Gasteiger partial charge in [-0.2, -0.15) is 11.8 Å². The van der Waals surface area contributed by atoms with Gasteiger partial charge in [0.25, 0.3) is 0 Å². The van der Waals surface area contributed by atoms with Crippen molar-refractivity contribution in [3.8, 4) is 0 Å².